The normalized spacial score (nSPS) is 12.8. The molecular weight excluding hydrogens is 350 g/mol. The number of fused-ring (bicyclic) bond motifs is 3. The Hall–Kier alpha value is -2.54. The van der Waals surface area contributed by atoms with Gasteiger partial charge >= 0.3 is 0 Å². The van der Waals surface area contributed by atoms with E-state index in [-0.39, 0.29) is 10.8 Å². The van der Waals surface area contributed by atoms with E-state index in [2.05, 4.69) is 113 Å². The van der Waals surface area contributed by atoms with Gasteiger partial charge in [-0.2, -0.15) is 0 Å². The molecule has 0 saturated carbocycles. The Labute approximate surface area is 175 Å². The first kappa shape index (κ1) is 19.8. The highest BCUT2D eigenvalue weighted by molar-refractivity contribution is 6.11. The smallest absolute Gasteiger partial charge is 0.0573 e. The number of aromatic nitrogens is 1. The van der Waals surface area contributed by atoms with Gasteiger partial charge in [0.2, 0.25) is 0 Å². The van der Waals surface area contributed by atoms with Gasteiger partial charge in [0.15, 0.2) is 0 Å². The summed E-state index contributed by atoms with van der Waals surface area (Å²) >= 11 is 0. The van der Waals surface area contributed by atoms with Crippen molar-refractivity contribution in [1.82, 2.24) is 4.57 Å². The second-order valence-corrected chi connectivity index (χ2v) is 10.8. The fourth-order valence-corrected chi connectivity index (χ4v) is 4.52. The largest absolute Gasteiger partial charge is 0.309 e. The Morgan fingerprint density at radius 1 is 0.552 bits per heavy atom. The first-order chi connectivity index (χ1) is 13.6. The van der Waals surface area contributed by atoms with Crippen LogP contribution in [0.15, 0.2) is 66.7 Å². The maximum absolute atomic E-state index is 2.52. The van der Waals surface area contributed by atoms with Gasteiger partial charge in [-0.3, -0.25) is 0 Å². The average Bonchev–Trinajstić information content (AvgIpc) is 2.97. The van der Waals surface area contributed by atoms with E-state index in [1.807, 2.05) is 0 Å². The molecule has 1 nitrogen and oxygen atoms in total. The number of benzene rings is 3. The van der Waals surface area contributed by atoms with Crippen molar-refractivity contribution in [2.75, 3.05) is 0 Å². The molecule has 150 valence electrons. The number of hydrogen-bond acceptors (Lipinski definition) is 0. The van der Waals surface area contributed by atoms with Crippen LogP contribution in [0.3, 0.4) is 0 Å². The third-order valence-corrected chi connectivity index (χ3v) is 5.43. The third-order valence-electron chi connectivity index (χ3n) is 5.43. The Bertz CT molecular complexity index is 1080. The molecule has 0 atom stereocenters. The number of hydrogen-bond donors (Lipinski definition) is 0. The van der Waals surface area contributed by atoms with E-state index in [0.717, 1.165) is 12.8 Å². The van der Waals surface area contributed by atoms with Crippen molar-refractivity contribution >= 4 is 21.8 Å². The molecule has 1 heterocycles. The highest BCUT2D eigenvalue weighted by Crippen LogP contribution is 2.38. The molecule has 0 fully saturated rings. The molecule has 1 heteroatoms. The molecule has 29 heavy (non-hydrogen) atoms. The SMILES string of the molecule is CC(C)(C)Cc1cccc2c3cccc(CC(C)(C)C)c3n(-c3ccccc3)c12. The molecular formula is C28H33N. The van der Waals surface area contributed by atoms with Gasteiger partial charge in [-0.25, -0.2) is 0 Å². The monoisotopic (exact) mass is 383 g/mol. The first-order valence-electron chi connectivity index (χ1n) is 10.7. The van der Waals surface area contributed by atoms with Gasteiger partial charge in [-0.05, 0) is 46.9 Å². The van der Waals surface area contributed by atoms with Crippen molar-refractivity contribution in [2.45, 2.75) is 54.4 Å². The third kappa shape index (κ3) is 3.96. The summed E-state index contributed by atoms with van der Waals surface area (Å²) in [6.45, 7) is 14.0. The van der Waals surface area contributed by atoms with Crippen LogP contribution in [0, 0.1) is 10.8 Å². The zero-order valence-corrected chi connectivity index (χ0v) is 18.7. The molecule has 0 radical (unpaired) electrons. The molecule has 0 N–H and O–H groups in total. The quantitative estimate of drug-likeness (QED) is 0.338. The van der Waals surface area contributed by atoms with E-state index in [9.17, 15) is 0 Å². The van der Waals surface area contributed by atoms with Gasteiger partial charge < -0.3 is 4.57 Å². The van der Waals surface area contributed by atoms with Crippen molar-refractivity contribution in [3.05, 3.63) is 77.9 Å². The van der Waals surface area contributed by atoms with E-state index < -0.39 is 0 Å². The molecule has 3 aromatic carbocycles. The van der Waals surface area contributed by atoms with Crippen molar-refractivity contribution in [3.8, 4) is 5.69 Å². The maximum atomic E-state index is 2.52. The molecule has 0 amide bonds. The Morgan fingerprint density at radius 2 is 1.00 bits per heavy atom. The van der Waals surface area contributed by atoms with Crippen LogP contribution in [-0.2, 0) is 12.8 Å². The van der Waals surface area contributed by atoms with Crippen LogP contribution in [0.25, 0.3) is 27.5 Å². The molecule has 4 aromatic rings. The van der Waals surface area contributed by atoms with E-state index in [0.29, 0.717) is 0 Å². The Kier molecular flexibility index (Phi) is 4.81. The summed E-state index contributed by atoms with van der Waals surface area (Å²) in [5.74, 6) is 0. The number of nitrogens with zero attached hydrogens (tertiary/aromatic N) is 1. The van der Waals surface area contributed by atoms with Crippen LogP contribution in [0.1, 0.15) is 52.7 Å². The van der Waals surface area contributed by atoms with E-state index in [4.69, 9.17) is 0 Å². The zero-order valence-electron chi connectivity index (χ0n) is 18.7. The van der Waals surface area contributed by atoms with Gasteiger partial charge in [-0.15, -0.1) is 0 Å². The van der Waals surface area contributed by atoms with Crippen molar-refractivity contribution < 1.29 is 0 Å². The van der Waals surface area contributed by atoms with Crippen LogP contribution >= 0.6 is 0 Å². The molecule has 1 aromatic heterocycles. The lowest BCUT2D eigenvalue weighted by Gasteiger charge is -2.21. The highest BCUT2D eigenvalue weighted by atomic mass is 15.0. The first-order valence-corrected chi connectivity index (χ1v) is 10.7. The fraction of sp³-hybridized carbons (Fsp3) is 0.357. The predicted molar refractivity (Wildman–Crippen MR) is 127 cm³/mol. The van der Waals surface area contributed by atoms with Crippen molar-refractivity contribution in [1.29, 1.82) is 0 Å². The standard InChI is InChI=1S/C28H33N/c1-27(2,3)18-20-12-10-16-23-24-17-11-13-21(19-28(4,5)6)26(24)29(25(20)23)22-14-8-7-9-15-22/h7-17H,18-19H2,1-6H3. The van der Waals surface area contributed by atoms with Gasteiger partial charge in [0.25, 0.3) is 0 Å². The predicted octanol–water partition coefficient (Wildman–Crippen LogP) is 7.96. The van der Waals surface area contributed by atoms with E-state index >= 15 is 0 Å². The maximum Gasteiger partial charge on any atom is 0.0573 e. The summed E-state index contributed by atoms with van der Waals surface area (Å²) in [5, 5.41) is 2.72. The van der Waals surface area contributed by atoms with Crippen LogP contribution in [0.4, 0.5) is 0 Å². The molecule has 0 spiro atoms. The van der Waals surface area contributed by atoms with Gasteiger partial charge in [-0.1, -0.05) is 96.1 Å². The second kappa shape index (κ2) is 7.06. The van der Waals surface area contributed by atoms with Crippen LogP contribution in [0.2, 0.25) is 0 Å². The molecule has 0 bridgehead atoms. The van der Waals surface area contributed by atoms with Crippen molar-refractivity contribution in [3.63, 3.8) is 0 Å². The summed E-state index contributed by atoms with van der Waals surface area (Å²) in [7, 11) is 0. The minimum Gasteiger partial charge on any atom is -0.309 e. The lowest BCUT2D eigenvalue weighted by atomic mass is 9.87. The molecule has 0 saturated heterocycles. The van der Waals surface area contributed by atoms with Crippen LogP contribution in [0.5, 0.6) is 0 Å². The van der Waals surface area contributed by atoms with E-state index in [1.54, 1.807) is 0 Å². The summed E-state index contributed by atoms with van der Waals surface area (Å²) in [6, 6.07) is 24.5. The average molecular weight is 384 g/mol. The Balaban J connectivity index is 2.14. The summed E-state index contributed by atoms with van der Waals surface area (Å²) in [5.41, 5.74) is 7.31. The molecule has 0 aliphatic rings. The van der Waals surface area contributed by atoms with Crippen LogP contribution < -0.4 is 0 Å². The number of para-hydroxylation sites is 3. The minimum atomic E-state index is 0.237. The minimum absolute atomic E-state index is 0.237. The van der Waals surface area contributed by atoms with Crippen LogP contribution in [-0.4, -0.2) is 4.57 Å². The summed E-state index contributed by atoms with van der Waals surface area (Å²) in [4.78, 5) is 0. The lowest BCUT2D eigenvalue weighted by molar-refractivity contribution is 0.412. The molecule has 0 aliphatic heterocycles. The number of rotatable bonds is 3. The molecule has 0 aliphatic carbocycles. The summed E-state index contributed by atoms with van der Waals surface area (Å²) < 4.78 is 2.52. The van der Waals surface area contributed by atoms with Gasteiger partial charge in [0.1, 0.15) is 0 Å². The van der Waals surface area contributed by atoms with Gasteiger partial charge in [0, 0.05) is 16.5 Å². The second-order valence-electron chi connectivity index (χ2n) is 10.8. The zero-order chi connectivity index (χ0) is 20.8. The highest BCUT2D eigenvalue weighted by Gasteiger charge is 2.22. The van der Waals surface area contributed by atoms with Crippen molar-refractivity contribution in [2.24, 2.45) is 10.8 Å². The van der Waals surface area contributed by atoms with Gasteiger partial charge in [0.05, 0.1) is 11.0 Å². The topological polar surface area (TPSA) is 4.93 Å². The van der Waals surface area contributed by atoms with E-state index in [1.165, 1.54) is 38.6 Å². The fourth-order valence-electron chi connectivity index (χ4n) is 4.52. The Morgan fingerprint density at radius 3 is 1.41 bits per heavy atom. The molecule has 0 unspecified atom stereocenters. The lowest BCUT2D eigenvalue weighted by Crippen LogP contribution is -2.11. The summed E-state index contributed by atoms with van der Waals surface area (Å²) in [6.07, 6.45) is 2.12. The molecule has 4 rings (SSSR count).